The predicted octanol–water partition coefficient (Wildman–Crippen LogP) is 1.65. The second kappa shape index (κ2) is 5.14. The summed E-state index contributed by atoms with van der Waals surface area (Å²) in [7, 11) is 1.72. The van der Waals surface area contributed by atoms with Crippen molar-refractivity contribution < 1.29 is 14.2 Å². The molecule has 0 saturated carbocycles. The van der Waals surface area contributed by atoms with E-state index in [1.807, 2.05) is 12.1 Å². The van der Waals surface area contributed by atoms with E-state index < -0.39 is 0 Å². The molecule has 1 atom stereocenters. The van der Waals surface area contributed by atoms with Crippen molar-refractivity contribution in [2.75, 3.05) is 26.9 Å². The standard InChI is InChI=1S/C12H16O3/c1-13-7-6-10-2-4-11(5-3-10)14-8-12-9-15-12/h2-5,12H,6-9H2,1H3. The van der Waals surface area contributed by atoms with Gasteiger partial charge in [-0.15, -0.1) is 0 Å². The Morgan fingerprint density at radius 3 is 2.67 bits per heavy atom. The first-order chi connectivity index (χ1) is 7.38. The summed E-state index contributed by atoms with van der Waals surface area (Å²) in [4.78, 5) is 0. The van der Waals surface area contributed by atoms with E-state index in [2.05, 4.69) is 12.1 Å². The Morgan fingerprint density at radius 1 is 1.33 bits per heavy atom. The molecule has 1 fully saturated rings. The lowest BCUT2D eigenvalue weighted by Crippen LogP contribution is -2.04. The van der Waals surface area contributed by atoms with Crippen molar-refractivity contribution in [2.45, 2.75) is 12.5 Å². The molecule has 1 saturated heterocycles. The van der Waals surface area contributed by atoms with Crippen LogP contribution >= 0.6 is 0 Å². The minimum Gasteiger partial charge on any atom is -0.491 e. The van der Waals surface area contributed by atoms with Crippen LogP contribution < -0.4 is 4.74 Å². The molecule has 1 aromatic carbocycles. The fraction of sp³-hybridized carbons (Fsp3) is 0.500. The van der Waals surface area contributed by atoms with E-state index in [1.165, 1.54) is 5.56 Å². The lowest BCUT2D eigenvalue weighted by Gasteiger charge is -2.05. The molecule has 0 spiro atoms. The molecule has 1 heterocycles. The average Bonchev–Trinajstić information content (AvgIpc) is 3.09. The van der Waals surface area contributed by atoms with Gasteiger partial charge in [0, 0.05) is 7.11 Å². The van der Waals surface area contributed by atoms with Crippen LogP contribution in [0, 0.1) is 0 Å². The van der Waals surface area contributed by atoms with Gasteiger partial charge in [0.2, 0.25) is 0 Å². The number of hydrogen-bond donors (Lipinski definition) is 0. The second-order valence-corrected chi connectivity index (χ2v) is 3.65. The lowest BCUT2D eigenvalue weighted by molar-refractivity contribution is 0.202. The zero-order valence-electron chi connectivity index (χ0n) is 8.94. The summed E-state index contributed by atoms with van der Waals surface area (Å²) in [5.41, 5.74) is 1.27. The van der Waals surface area contributed by atoms with Gasteiger partial charge in [-0.3, -0.25) is 0 Å². The molecule has 3 heteroatoms. The third kappa shape index (κ3) is 3.53. The highest BCUT2D eigenvalue weighted by molar-refractivity contribution is 5.27. The highest BCUT2D eigenvalue weighted by Crippen LogP contribution is 2.15. The highest BCUT2D eigenvalue weighted by atomic mass is 16.6. The van der Waals surface area contributed by atoms with Crippen LogP contribution in [0.1, 0.15) is 5.56 Å². The first-order valence-electron chi connectivity index (χ1n) is 5.21. The van der Waals surface area contributed by atoms with Crippen molar-refractivity contribution in [3.8, 4) is 5.75 Å². The van der Waals surface area contributed by atoms with Gasteiger partial charge in [0.05, 0.1) is 13.2 Å². The van der Waals surface area contributed by atoms with Crippen LogP contribution in [0.4, 0.5) is 0 Å². The topological polar surface area (TPSA) is 31.0 Å². The van der Waals surface area contributed by atoms with Crippen LogP contribution in [0.3, 0.4) is 0 Å². The first kappa shape index (κ1) is 10.5. The molecule has 1 aliphatic heterocycles. The molecule has 0 N–H and O–H groups in total. The van der Waals surface area contributed by atoms with Crippen LogP contribution in [-0.2, 0) is 15.9 Å². The Labute approximate surface area is 90.0 Å². The van der Waals surface area contributed by atoms with Gasteiger partial charge in [0.15, 0.2) is 0 Å². The molecular formula is C12H16O3. The van der Waals surface area contributed by atoms with Gasteiger partial charge in [0.25, 0.3) is 0 Å². The first-order valence-corrected chi connectivity index (χ1v) is 5.21. The maximum atomic E-state index is 5.53. The van der Waals surface area contributed by atoms with Gasteiger partial charge in [-0.25, -0.2) is 0 Å². The quantitative estimate of drug-likeness (QED) is 0.666. The molecule has 0 radical (unpaired) electrons. The van der Waals surface area contributed by atoms with Crippen LogP contribution in [0.25, 0.3) is 0 Å². The van der Waals surface area contributed by atoms with E-state index in [1.54, 1.807) is 7.11 Å². The molecule has 1 aromatic rings. The van der Waals surface area contributed by atoms with Gasteiger partial charge in [-0.2, -0.15) is 0 Å². The van der Waals surface area contributed by atoms with Gasteiger partial charge in [-0.05, 0) is 24.1 Å². The molecular weight excluding hydrogens is 192 g/mol. The third-order valence-corrected chi connectivity index (χ3v) is 2.36. The Balaban J connectivity index is 1.79. The number of benzene rings is 1. The Bertz CT molecular complexity index is 290. The number of epoxide rings is 1. The Hall–Kier alpha value is -1.06. The van der Waals surface area contributed by atoms with Gasteiger partial charge in [0.1, 0.15) is 18.5 Å². The van der Waals surface area contributed by atoms with Crippen molar-refractivity contribution >= 4 is 0 Å². The molecule has 0 aliphatic carbocycles. The minimum absolute atomic E-state index is 0.318. The number of hydrogen-bond acceptors (Lipinski definition) is 3. The largest absolute Gasteiger partial charge is 0.491 e. The summed E-state index contributed by atoms with van der Waals surface area (Å²) in [6.07, 6.45) is 1.26. The summed E-state index contributed by atoms with van der Waals surface area (Å²) < 4.78 is 15.6. The molecule has 1 aliphatic rings. The normalized spacial score (nSPS) is 18.9. The number of rotatable bonds is 6. The molecule has 0 amide bonds. The molecule has 3 nitrogen and oxygen atoms in total. The number of methoxy groups -OCH3 is 1. The van der Waals surface area contributed by atoms with Crippen LogP contribution in [0.5, 0.6) is 5.75 Å². The fourth-order valence-corrected chi connectivity index (χ4v) is 1.33. The van der Waals surface area contributed by atoms with Crippen LogP contribution in [0.15, 0.2) is 24.3 Å². The zero-order chi connectivity index (χ0) is 10.5. The molecule has 82 valence electrons. The second-order valence-electron chi connectivity index (χ2n) is 3.65. The van der Waals surface area contributed by atoms with Crippen molar-refractivity contribution in [1.29, 1.82) is 0 Å². The number of ether oxygens (including phenoxy) is 3. The van der Waals surface area contributed by atoms with Crippen molar-refractivity contribution in [1.82, 2.24) is 0 Å². The fourth-order valence-electron chi connectivity index (χ4n) is 1.33. The molecule has 0 aromatic heterocycles. The molecule has 1 unspecified atom stereocenters. The summed E-state index contributed by atoms with van der Waals surface area (Å²) in [6.45, 7) is 2.26. The van der Waals surface area contributed by atoms with E-state index in [9.17, 15) is 0 Å². The van der Waals surface area contributed by atoms with Gasteiger partial charge < -0.3 is 14.2 Å². The summed E-state index contributed by atoms with van der Waals surface area (Å²) in [5.74, 6) is 0.909. The van der Waals surface area contributed by atoms with E-state index in [0.717, 1.165) is 25.4 Å². The zero-order valence-corrected chi connectivity index (χ0v) is 8.94. The monoisotopic (exact) mass is 208 g/mol. The molecule has 15 heavy (non-hydrogen) atoms. The van der Waals surface area contributed by atoms with E-state index in [4.69, 9.17) is 14.2 Å². The Morgan fingerprint density at radius 2 is 2.07 bits per heavy atom. The molecule has 0 bridgehead atoms. The Kier molecular flexibility index (Phi) is 3.59. The van der Waals surface area contributed by atoms with Crippen molar-refractivity contribution in [3.63, 3.8) is 0 Å². The smallest absolute Gasteiger partial charge is 0.119 e. The maximum absolute atomic E-state index is 5.53. The average molecular weight is 208 g/mol. The predicted molar refractivity (Wildman–Crippen MR) is 57.3 cm³/mol. The van der Waals surface area contributed by atoms with Crippen LogP contribution in [0.2, 0.25) is 0 Å². The summed E-state index contributed by atoms with van der Waals surface area (Å²) >= 11 is 0. The third-order valence-electron chi connectivity index (χ3n) is 2.36. The van der Waals surface area contributed by atoms with Crippen LogP contribution in [-0.4, -0.2) is 33.0 Å². The van der Waals surface area contributed by atoms with Gasteiger partial charge >= 0.3 is 0 Å². The highest BCUT2D eigenvalue weighted by Gasteiger charge is 2.22. The maximum Gasteiger partial charge on any atom is 0.119 e. The van der Waals surface area contributed by atoms with E-state index >= 15 is 0 Å². The lowest BCUT2D eigenvalue weighted by atomic mass is 10.1. The molecule has 2 rings (SSSR count). The van der Waals surface area contributed by atoms with Crippen molar-refractivity contribution in [2.24, 2.45) is 0 Å². The summed E-state index contributed by atoms with van der Waals surface area (Å²) in [5, 5.41) is 0. The van der Waals surface area contributed by atoms with E-state index in [-0.39, 0.29) is 0 Å². The van der Waals surface area contributed by atoms with E-state index in [0.29, 0.717) is 12.7 Å². The van der Waals surface area contributed by atoms with Gasteiger partial charge in [-0.1, -0.05) is 12.1 Å². The SMILES string of the molecule is COCCc1ccc(OCC2CO2)cc1. The summed E-state index contributed by atoms with van der Waals surface area (Å²) in [6, 6.07) is 8.13. The minimum atomic E-state index is 0.318. The van der Waals surface area contributed by atoms with Crippen molar-refractivity contribution in [3.05, 3.63) is 29.8 Å².